The zero-order valence-electron chi connectivity index (χ0n) is 9.68. The van der Waals surface area contributed by atoms with Gasteiger partial charge in [-0.05, 0) is 30.3 Å². The van der Waals surface area contributed by atoms with Crippen molar-refractivity contribution >= 4 is 0 Å². The second-order valence-corrected chi connectivity index (χ2v) is 3.59. The highest BCUT2D eigenvalue weighted by Crippen LogP contribution is 2.18. The monoisotopic (exact) mass is 233 g/mol. The van der Waals surface area contributed by atoms with E-state index >= 15 is 0 Å². The second kappa shape index (κ2) is 5.41. The SMILES string of the molecule is COc1ccc(OCc2coc(CN)c2)cc1. The molecule has 0 saturated carbocycles. The van der Waals surface area contributed by atoms with Crippen LogP contribution in [-0.2, 0) is 13.2 Å². The van der Waals surface area contributed by atoms with Crippen molar-refractivity contribution in [2.24, 2.45) is 5.73 Å². The molecule has 0 spiro atoms. The Labute approximate surface area is 99.9 Å². The first-order valence-electron chi connectivity index (χ1n) is 5.35. The van der Waals surface area contributed by atoms with Gasteiger partial charge in [0.2, 0.25) is 0 Å². The van der Waals surface area contributed by atoms with E-state index in [1.165, 1.54) is 0 Å². The molecule has 1 aromatic heterocycles. The summed E-state index contributed by atoms with van der Waals surface area (Å²) >= 11 is 0. The number of hydrogen-bond acceptors (Lipinski definition) is 4. The number of methoxy groups -OCH3 is 1. The molecular formula is C13H15NO3. The van der Waals surface area contributed by atoms with E-state index in [2.05, 4.69) is 0 Å². The van der Waals surface area contributed by atoms with Crippen LogP contribution in [0.25, 0.3) is 0 Å². The minimum Gasteiger partial charge on any atom is -0.497 e. The van der Waals surface area contributed by atoms with Gasteiger partial charge in [-0.15, -0.1) is 0 Å². The van der Waals surface area contributed by atoms with Gasteiger partial charge in [0.25, 0.3) is 0 Å². The highest BCUT2D eigenvalue weighted by Gasteiger charge is 2.01. The van der Waals surface area contributed by atoms with E-state index in [1.807, 2.05) is 30.3 Å². The van der Waals surface area contributed by atoms with Crippen molar-refractivity contribution in [1.82, 2.24) is 0 Å². The zero-order valence-corrected chi connectivity index (χ0v) is 9.68. The Kier molecular flexibility index (Phi) is 3.67. The molecule has 90 valence electrons. The van der Waals surface area contributed by atoms with Crippen molar-refractivity contribution in [3.05, 3.63) is 47.9 Å². The van der Waals surface area contributed by atoms with Crippen LogP contribution in [0.15, 0.2) is 41.0 Å². The van der Waals surface area contributed by atoms with Crippen LogP contribution in [0.1, 0.15) is 11.3 Å². The molecular weight excluding hydrogens is 218 g/mol. The smallest absolute Gasteiger partial charge is 0.120 e. The molecule has 4 nitrogen and oxygen atoms in total. The molecule has 0 aliphatic heterocycles. The molecule has 0 aliphatic rings. The van der Waals surface area contributed by atoms with Gasteiger partial charge in [-0.1, -0.05) is 0 Å². The first kappa shape index (κ1) is 11.5. The fourth-order valence-electron chi connectivity index (χ4n) is 1.45. The van der Waals surface area contributed by atoms with Gasteiger partial charge in [0.05, 0.1) is 19.9 Å². The van der Waals surface area contributed by atoms with Gasteiger partial charge in [0.15, 0.2) is 0 Å². The Bertz CT molecular complexity index is 462. The summed E-state index contributed by atoms with van der Waals surface area (Å²) in [5.41, 5.74) is 6.43. The molecule has 0 amide bonds. The minimum absolute atomic E-state index is 0.405. The average molecular weight is 233 g/mol. The van der Waals surface area contributed by atoms with E-state index in [0.717, 1.165) is 22.8 Å². The normalized spacial score (nSPS) is 10.2. The molecule has 0 radical (unpaired) electrons. The summed E-state index contributed by atoms with van der Waals surface area (Å²) in [6, 6.07) is 9.33. The third kappa shape index (κ3) is 3.01. The lowest BCUT2D eigenvalue weighted by molar-refractivity contribution is 0.304. The van der Waals surface area contributed by atoms with Crippen LogP contribution >= 0.6 is 0 Å². The van der Waals surface area contributed by atoms with Gasteiger partial charge in [0.1, 0.15) is 23.9 Å². The summed E-state index contributed by atoms with van der Waals surface area (Å²) in [5, 5.41) is 0. The highest BCUT2D eigenvalue weighted by atomic mass is 16.5. The number of hydrogen-bond donors (Lipinski definition) is 1. The largest absolute Gasteiger partial charge is 0.497 e. The van der Waals surface area contributed by atoms with E-state index in [9.17, 15) is 0 Å². The summed E-state index contributed by atoms with van der Waals surface area (Å²) in [7, 11) is 1.63. The molecule has 1 aromatic carbocycles. The Morgan fingerprint density at radius 1 is 1.18 bits per heavy atom. The minimum atomic E-state index is 0.405. The lowest BCUT2D eigenvalue weighted by Crippen LogP contribution is -1.95. The van der Waals surface area contributed by atoms with Gasteiger partial charge in [-0.2, -0.15) is 0 Å². The summed E-state index contributed by atoms with van der Waals surface area (Å²) in [5.74, 6) is 2.37. The summed E-state index contributed by atoms with van der Waals surface area (Å²) in [4.78, 5) is 0. The van der Waals surface area contributed by atoms with Crippen molar-refractivity contribution < 1.29 is 13.9 Å². The first-order valence-corrected chi connectivity index (χ1v) is 5.35. The predicted octanol–water partition coefficient (Wildman–Crippen LogP) is 2.33. The zero-order chi connectivity index (χ0) is 12.1. The molecule has 0 aliphatic carbocycles. The number of furan rings is 1. The number of nitrogens with two attached hydrogens (primary N) is 1. The maximum Gasteiger partial charge on any atom is 0.120 e. The third-order valence-electron chi connectivity index (χ3n) is 2.37. The summed E-state index contributed by atoms with van der Waals surface area (Å²) in [6.07, 6.45) is 1.66. The Morgan fingerprint density at radius 3 is 2.47 bits per heavy atom. The lowest BCUT2D eigenvalue weighted by atomic mass is 10.3. The van der Waals surface area contributed by atoms with Gasteiger partial charge >= 0.3 is 0 Å². The van der Waals surface area contributed by atoms with Gasteiger partial charge in [-0.3, -0.25) is 0 Å². The van der Waals surface area contributed by atoms with Gasteiger partial charge in [0, 0.05) is 5.56 Å². The maximum atomic E-state index is 5.59. The topological polar surface area (TPSA) is 57.6 Å². The molecule has 2 aromatic rings. The molecule has 2 rings (SSSR count). The second-order valence-electron chi connectivity index (χ2n) is 3.59. The van der Waals surface area contributed by atoms with E-state index in [-0.39, 0.29) is 0 Å². The number of benzene rings is 1. The Hall–Kier alpha value is -1.94. The quantitative estimate of drug-likeness (QED) is 0.861. The van der Waals surface area contributed by atoms with Crippen LogP contribution in [0.4, 0.5) is 0 Å². The lowest BCUT2D eigenvalue weighted by Gasteiger charge is -2.05. The fraction of sp³-hybridized carbons (Fsp3) is 0.231. The van der Waals surface area contributed by atoms with E-state index in [1.54, 1.807) is 13.4 Å². The molecule has 0 atom stereocenters. The fourth-order valence-corrected chi connectivity index (χ4v) is 1.45. The van der Waals surface area contributed by atoms with Crippen LogP contribution in [0.5, 0.6) is 11.5 Å². The van der Waals surface area contributed by atoms with Crippen molar-refractivity contribution in [3.63, 3.8) is 0 Å². The van der Waals surface area contributed by atoms with Gasteiger partial charge in [-0.25, -0.2) is 0 Å². The van der Waals surface area contributed by atoms with E-state index in [0.29, 0.717) is 13.2 Å². The standard InChI is InChI=1S/C13H15NO3/c1-15-11-2-4-12(5-3-11)16-8-10-6-13(7-14)17-9-10/h2-6,9H,7-8,14H2,1H3. The molecule has 0 fully saturated rings. The molecule has 17 heavy (non-hydrogen) atoms. The number of ether oxygens (including phenoxy) is 2. The Balaban J connectivity index is 1.92. The van der Waals surface area contributed by atoms with E-state index in [4.69, 9.17) is 19.6 Å². The van der Waals surface area contributed by atoms with Crippen LogP contribution < -0.4 is 15.2 Å². The number of rotatable bonds is 5. The average Bonchev–Trinajstić information content (AvgIpc) is 2.85. The van der Waals surface area contributed by atoms with Crippen LogP contribution in [-0.4, -0.2) is 7.11 Å². The van der Waals surface area contributed by atoms with Gasteiger partial charge < -0.3 is 19.6 Å². The van der Waals surface area contributed by atoms with Crippen molar-refractivity contribution in [2.45, 2.75) is 13.2 Å². The molecule has 1 heterocycles. The third-order valence-corrected chi connectivity index (χ3v) is 2.37. The van der Waals surface area contributed by atoms with Crippen LogP contribution in [0, 0.1) is 0 Å². The predicted molar refractivity (Wildman–Crippen MR) is 63.9 cm³/mol. The summed E-state index contributed by atoms with van der Waals surface area (Å²) in [6.45, 7) is 0.873. The molecule has 2 N–H and O–H groups in total. The maximum absolute atomic E-state index is 5.59. The Morgan fingerprint density at radius 2 is 1.88 bits per heavy atom. The van der Waals surface area contributed by atoms with Crippen molar-refractivity contribution in [3.8, 4) is 11.5 Å². The first-order chi connectivity index (χ1) is 8.31. The molecule has 0 unspecified atom stereocenters. The molecule has 0 saturated heterocycles. The van der Waals surface area contributed by atoms with E-state index < -0.39 is 0 Å². The molecule has 0 bridgehead atoms. The molecule has 4 heteroatoms. The van der Waals surface area contributed by atoms with Crippen molar-refractivity contribution in [1.29, 1.82) is 0 Å². The van der Waals surface area contributed by atoms with Crippen LogP contribution in [0.2, 0.25) is 0 Å². The highest BCUT2D eigenvalue weighted by molar-refractivity contribution is 5.31. The van der Waals surface area contributed by atoms with Crippen molar-refractivity contribution in [2.75, 3.05) is 7.11 Å². The van der Waals surface area contributed by atoms with Crippen LogP contribution in [0.3, 0.4) is 0 Å². The summed E-state index contributed by atoms with van der Waals surface area (Å²) < 4.78 is 15.9.